The molecule has 0 aliphatic carbocycles. The quantitative estimate of drug-likeness (QED) is 0.418. The lowest BCUT2D eigenvalue weighted by atomic mass is 10.2. The number of ether oxygens (including phenoxy) is 1. The Balaban J connectivity index is 1.61. The summed E-state index contributed by atoms with van der Waals surface area (Å²) in [5.74, 6) is 1.32. The van der Waals surface area contributed by atoms with Gasteiger partial charge in [0.15, 0.2) is 17.1 Å². The van der Waals surface area contributed by atoms with Gasteiger partial charge >= 0.3 is 0 Å². The third-order valence-corrected chi connectivity index (χ3v) is 5.84. The van der Waals surface area contributed by atoms with Crippen molar-refractivity contribution in [1.29, 1.82) is 0 Å². The van der Waals surface area contributed by atoms with Crippen molar-refractivity contribution < 1.29 is 9.53 Å². The second kappa shape index (κ2) is 9.92. The fraction of sp³-hybridized carbons (Fsp3) is 0.250. The highest BCUT2D eigenvalue weighted by Crippen LogP contribution is 2.28. The van der Waals surface area contributed by atoms with Gasteiger partial charge in [-0.2, -0.15) is 0 Å². The van der Waals surface area contributed by atoms with E-state index >= 15 is 0 Å². The Morgan fingerprint density at radius 1 is 1.13 bits per heavy atom. The van der Waals surface area contributed by atoms with Gasteiger partial charge in [0.05, 0.1) is 5.75 Å². The van der Waals surface area contributed by atoms with E-state index in [4.69, 9.17) is 39.5 Å². The number of benzene rings is 2. The molecule has 3 rings (SSSR count). The number of amides is 1. The summed E-state index contributed by atoms with van der Waals surface area (Å²) >= 11 is 19.2. The molecule has 1 heterocycles. The molecule has 0 aliphatic rings. The van der Waals surface area contributed by atoms with Gasteiger partial charge in [0, 0.05) is 27.8 Å². The summed E-state index contributed by atoms with van der Waals surface area (Å²) in [6.07, 6.45) is -0.334. The Morgan fingerprint density at radius 2 is 1.83 bits per heavy atom. The summed E-state index contributed by atoms with van der Waals surface area (Å²) in [7, 11) is 1.83. The minimum atomic E-state index is -0.334. The van der Waals surface area contributed by atoms with Gasteiger partial charge in [0.2, 0.25) is 5.91 Å². The number of hydrogen-bond acceptors (Lipinski definition) is 5. The molecule has 0 bridgehead atoms. The average Bonchev–Trinajstić information content (AvgIpc) is 3.02. The van der Waals surface area contributed by atoms with Gasteiger partial charge in [-0.25, -0.2) is 0 Å². The van der Waals surface area contributed by atoms with Crippen LogP contribution in [-0.2, 0) is 11.8 Å². The molecule has 30 heavy (non-hydrogen) atoms. The molecular weight excluding hydrogens is 467 g/mol. The van der Waals surface area contributed by atoms with Crippen molar-refractivity contribution in [2.75, 3.05) is 11.1 Å². The van der Waals surface area contributed by atoms with Crippen molar-refractivity contribution in [2.24, 2.45) is 7.05 Å². The predicted octanol–water partition coefficient (Wildman–Crippen LogP) is 5.95. The van der Waals surface area contributed by atoms with Gasteiger partial charge in [0.1, 0.15) is 5.75 Å². The smallest absolute Gasteiger partial charge is 0.234 e. The summed E-state index contributed by atoms with van der Waals surface area (Å²) in [5, 5.41) is 13.3. The minimum absolute atomic E-state index is 0.154. The first-order valence-corrected chi connectivity index (χ1v) is 11.1. The van der Waals surface area contributed by atoms with E-state index in [2.05, 4.69) is 15.5 Å². The van der Waals surface area contributed by atoms with Gasteiger partial charge in [-0.05, 0) is 55.8 Å². The van der Waals surface area contributed by atoms with Crippen LogP contribution in [-0.4, -0.2) is 26.4 Å². The standard InChI is InChI=1S/C20H19Cl3N4O2S/c1-11-6-13(21)4-5-17(11)29-12(2)19-25-26-20(27(19)3)30-10-18(28)24-16-8-14(22)7-15(23)9-16/h4-9,12H,10H2,1-3H3,(H,24,28). The number of nitrogens with one attached hydrogen (secondary N) is 1. The van der Waals surface area contributed by atoms with E-state index in [0.717, 1.165) is 11.3 Å². The third-order valence-electron chi connectivity index (χ3n) is 4.15. The molecule has 0 saturated heterocycles. The van der Waals surface area contributed by atoms with Crippen molar-refractivity contribution in [3.63, 3.8) is 0 Å². The predicted molar refractivity (Wildman–Crippen MR) is 122 cm³/mol. The summed E-state index contributed by atoms with van der Waals surface area (Å²) in [4.78, 5) is 12.3. The van der Waals surface area contributed by atoms with Crippen LogP contribution in [0.2, 0.25) is 15.1 Å². The maximum atomic E-state index is 12.3. The first-order valence-electron chi connectivity index (χ1n) is 8.94. The molecule has 0 fully saturated rings. The van der Waals surface area contributed by atoms with Crippen LogP contribution in [0.25, 0.3) is 0 Å². The van der Waals surface area contributed by atoms with Crippen LogP contribution in [0, 0.1) is 6.92 Å². The zero-order valence-corrected chi connectivity index (χ0v) is 19.5. The monoisotopic (exact) mass is 484 g/mol. The first kappa shape index (κ1) is 22.7. The lowest BCUT2D eigenvalue weighted by molar-refractivity contribution is -0.113. The molecule has 6 nitrogen and oxygen atoms in total. The largest absolute Gasteiger partial charge is 0.482 e. The Morgan fingerprint density at radius 3 is 2.50 bits per heavy atom. The molecule has 1 aromatic heterocycles. The molecule has 158 valence electrons. The fourth-order valence-corrected chi connectivity index (χ4v) is 4.22. The second-order valence-electron chi connectivity index (χ2n) is 6.56. The molecule has 2 aromatic carbocycles. The number of hydrogen-bond donors (Lipinski definition) is 1. The maximum Gasteiger partial charge on any atom is 0.234 e. The highest BCUT2D eigenvalue weighted by Gasteiger charge is 2.19. The van der Waals surface area contributed by atoms with Gasteiger partial charge in [-0.3, -0.25) is 4.79 Å². The lowest BCUT2D eigenvalue weighted by Gasteiger charge is -2.16. The molecule has 1 atom stereocenters. The van der Waals surface area contributed by atoms with E-state index in [1.807, 2.05) is 37.6 Å². The molecule has 1 amide bonds. The van der Waals surface area contributed by atoms with Gasteiger partial charge < -0.3 is 14.6 Å². The SMILES string of the molecule is Cc1cc(Cl)ccc1OC(C)c1nnc(SCC(=O)Nc2cc(Cl)cc(Cl)c2)n1C. The zero-order valence-electron chi connectivity index (χ0n) is 16.4. The minimum Gasteiger partial charge on any atom is -0.482 e. The Kier molecular flexibility index (Phi) is 7.52. The van der Waals surface area contributed by atoms with Crippen LogP contribution >= 0.6 is 46.6 Å². The average molecular weight is 486 g/mol. The van der Waals surface area contributed by atoms with Crippen LogP contribution in [0.4, 0.5) is 5.69 Å². The number of carbonyl (C=O) groups excluding carboxylic acids is 1. The van der Waals surface area contributed by atoms with E-state index < -0.39 is 0 Å². The number of aromatic nitrogens is 3. The highest BCUT2D eigenvalue weighted by atomic mass is 35.5. The van der Waals surface area contributed by atoms with Gasteiger partial charge in [0.25, 0.3) is 0 Å². The van der Waals surface area contributed by atoms with Crippen LogP contribution in [0.1, 0.15) is 24.4 Å². The van der Waals surface area contributed by atoms with Crippen LogP contribution < -0.4 is 10.1 Å². The molecule has 3 aromatic rings. The number of rotatable bonds is 7. The summed E-state index contributed by atoms with van der Waals surface area (Å²) in [6, 6.07) is 10.3. The molecule has 1 unspecified atom stereocenters. The van der Waals surface area contributed by atoms with Crippen LogP contribution in [0.3, 0.4) is 0 Å². The summed E-state index contributed by atoms with van der Waals surface area (Å²) in [6.45, 7) is 3.82. The van der Waals surface area contributed by atoms with E-state index in [9.17, 15) is 4.79 Å². The summed E-state index contributed by atoms with van der Waals surface area (Å²) in [5.41, 5.74) is 1.47. The highest BCUT2D eigenvalue weighted by molar-refractivity contribution is 7.99. The zero-order chi connectivity index (χ0) is 21.8. The van der Waals surface area contributed by atoms with Crippen LogP contribution in [0.15, 0.2) is 41.6 Å². The Bertz CT molecular complexity index is 1050. The topological polar surface area (TPSA) is 69.0 Å². The Hall–Kier alpha value is -1.93. The number of thioether (sulfide) groups is 1. The lowest BCUT2D eigenvalue weighted by Crippen LogP contribution is -2.15. The van der Waals surface area contributed by atoms with Crippen molar-refractivity contribution in [2.45, 2.75) is 25.1 Å². The molecule has 0 spiro atoms. The van der Waals surface area contributed by atoms with Crippen molar-refractivity contribution in [3.8, 4) is 5.75 Å². The molecule has 1 N–H and O–H groups in total. The van der Waals surface area contributed by atoms with Crippen molar-refractivity contribution >= 4 is 58.2 Å². The Labute approximate surface area is 193 Å². The van der Waals surface area contributed by atoms with Crippen molar-refractivity contribution in [3.05, 3.63) is 62.9 Å². The van der Waals surface area contributed by atoms with Gasteiger partial charge in [-0.15, -0.1) is 10.2 Å². The molecular formula is C20H19Cl3N4O2S. The molecule has 0 aliphatic heterocycles. The number of carbonyl (C=O) groups is 1. The third kappa shape index (κ3) is 5.82. The number of halogens is 3. The fourth-order valence-electron chi connectivity index (χ4n) is 2.75. The summed E-state index contributed by atoms with van der Waals surface area (Å²) < 4.78 is 7.82. The van der Waals surface area contributed by atoms with Crippen molar-refractivity contribution in [1.82, 2.24) is 14.8 Å². The van der Waals surface area contributed by atoms with E-state index in [0.29, 0.717) is 31.7 Å². The second-order valence-corrected chi connectivity index (χ2v) is 8.82. The first-order chi connectivity index (χ1) is 14.2. The number of anilines is 1. The normalized spacial score (nSPS) is 11.9. The molecule has 0 radical (unpaired) electrons. The van der Waals surface area contributed by atoms with Crippen LogP contribution in [0.5, 0.6) is 5.75 Å². The number of nitrogens with zero attached hydrogens (tertiary/aromatic N) is 3. The molecule has 0 saturated carbocycles. The van der Waals surface area contributed by atoms with E-state index in [1.165, 1.54) is 11.8 Å². The maximum absolute atomic E-state index is 12.3. The van der Waals surface area contributed by atoms with E-state index in [-0.39, 0.29) is 17.8 Å². The molecule has 10 heteroatoms. The van der Waals surface area contributed by atoms with E-state index in [1.54, 1.807) is 24.3 Å². The van der Waals surface area contributed by atoms with Gasteiger partial charge in [-0.1, -0.05) is 46.6 Å². The number of aryl methyl sites for hydroxylation is 1.